The third-order valence-corrected chi connectivity index (χ3v) is 5.02. The standard InChI is InChI=1S/C21H29F2N3O2/c1-14(2)26(16-6-4-7-24-13-16)20-12-19(28-9-5-8-27-3)17-10-15(22)11-18(23)21(17)25-20/h10-12,14,16,24H,4-9,13H2,1-3H3/t16-/m1/s1. The van der Waals surface area contributed by atoms with Gasteiger partial charge in [0.05, 0.1) is 6.61 Å². The maximum absolute atomic E-state index is 14.5. The number of aromatic nitrogens is 1. The third-order valence-electron chi connectivity index (χ3n) is 5.02. The number of hydrogen-bond acceptors (Lipinski definition) is 5. The van der Waals surface area contributed by atoms with Crippen molar-refractivity contribution in [2.45, 2.75) is 45.2 Å². The second-order valence-corrected chi connectivity index (χ2v) is 7.46. The highest BCUT2D eigenvalue weighted by molar-refractivity contribution is 5.87. The van der Waals surface area contributed by atoms with Gasteiger partial charge in [0.25, 0.3) is 0 Å². The highest BCUT2D eigenvalue weighted by Gasteiger charge is 2.26. The maximum Gasteiger partial charge on any atom is 0.152 e. The molecule has 0 aliphatic carbocycles. The zero-order valence-electron chi connectivity index (χ0n) is 16.8. The third kappa shape index (κ3) is 4.70. The SMILES string of the molecule is COCCCOc1cc(N(C(C)C)[C@@H]2CCCNC2)nc2c(F)cc(F)cc12. The first-order valence-electron chi connectivity index (χ1n) is 9.92. The molecule has 0 unspecified atom stereocenters. The number of fused-ring (bicyclic) bond motifs is 1. The van der Waals surface area contributed by atoms with Crippen LogP contribution in [-0.2, 0) is 4.74 Å². The van der Waals surface area contributed by atoms with Crippen LogP contribution in [0.4, 0.5) is 14.6 Å². The summed E-state index contributed by atoms with van der Waals surface area (Å²) in [5.41, 5.74) is 0.134. The lowest BCUT2D eigenvalue weighted by Gasteiger charge is -2.38. The number of pyridine rings is 1. The Morgan fingerprint density at radius 2 is 2.07 bits per heavy atom. The zero-order valence-corrected chi connectivity index (χ0v) is 16.8. The van der Waals surface area contributed by atoms with Crippen molar-refractivity contribution in [2.24, 2.45) is 0 Å². The Kier molecular flexibility index (Phi) is 7.02. The van der Waals surface area contributed by atoms with Gasteiger partial charge in [0, 0.05) is 56.3 Å². The molecule has 0 radical (unpaired) electrons. The number of ether oxygens (including phenoxy) is 2. The molecule has 5 nitrogen and oxygen atoms in total. The van der Waals surface area contributed by atoms with Crippen LogP contribution in [0.3, 0.4) is 0 Å². The Morgan fingerprint density at radius 1 is 1.25 bits per heavy atom. The van der Waals surface area contributed by atoms with E-state index in [0.29, 0.717) is 36.6 Å². The summed E-state index contributed by atoms with van der Waals surface area (Å²) < 4.78 is 39.3. The van der Waals surface area contributed by atoms with Gasteiger partial charge in [-0.05, 0) is 39.3 Å². The van der Waals surface area contributed by atoms with Crippen molar-refractivity contribution >= 4 is 16.7 Å². The second kappa shape index (κ2) is 9.47. The number of benzene rings is 1. The van der Waals surface area contributed by atoms with E-state index >= 15 is 0 Å². The topological polar surface area (TPSA) is 46.6 Å². The molecule has 0 amide bonds. The number of rotatable bonds is 8. The predicted octanol–water partition coefficient (Wildman–Crippen LogP) is 3.90. The maximum atomic E-state index is 14.5. The van der Waals surface area contributed by atoms with Gasteiger partial charge in [0.15, 0.2) is 5.82 Å². The lowest BCUT2D eigenvalue weighted by Crippen LogP contribution is -2.49. The fraction of sp³-hybridized carbons (Fsp3) is 0.571. The van der Waals surface area contributed by atoms with Crippen molar-refractivity contribution in [3.63, 3.8) is 0 Å². The highest BCUT2D eigenvalue weighted by atomic mass is 19.1. The lowest BCUT2D eigenvalue weighted by atomic mass is 10.0. The van der Waals surface area contributed by atoms with Crippen LogP contribution in [0.25, 0.3) is 10.9 Å². The van der Waals surface area contributed by atoms with Crippen LogP contribution in [-0.4, -0.2) is 50.5 Å². The quantitative estimate of drug-likeness (QED) is 0.690. The Hall–Kier alpha value is -1.99. The monoisotopic (exact) mass is 393 g/mol. The summed E-state index contributed by atoms with van der Waals surface area (Å²) in [5, 5.41) is 3.77. The molecule has 2 heterocycles. The Balaban J connectivity index is 2.03. The van der Waals surface area contributed by atoms with E-state index < -0.39 is 11.6 Å². The minimum Gasteiger partial charge on any atom is -0.493 e. The molecule has 1 aromatic heterocycles. The number of methoxy groups -OCH3 is 1. The van der Waals surface area contributed by atoms with E-state index in [1.807, 2.05) is 6.07 Å². The Labute approximate surface area is 165 Å². The van der Waals surface area contributed by atoms with E-state index in [2.05, 4.69) is 29.0 Å². The van der Waals surface area contributed by atoms with Crippen LogP contribution in [0.2, 0.25) is 0 Å². The van der Waals surface area contributed by atoms with Gasteiger partial charge in [-0.3, -0.25) is 0 Å². The molecule has 1 fully saturated rings. The lowest BCUT2D eigenvalue weighted by molar-refractivity contribution is 0.172. The molecule has 3 rings (SSSR count). The average molecular weight is 393 g/mol. The van der Waals surface area contributed by atoms with Crippen LogP contribution in [0.1, 0.15) is 33.1 Å². The molecule has 1 saturated heterocycles. The molecule has 0 saturated carbocycles. The number of nitrogens with one attached hydrogen (secondary N) is 1. The van der Waals surface area contributed by atoms with Gasteiger partial charge in [-0.1, -0.05) is 0 Å². The first-order valence-corrected chi connectivity index (χ1v) is 9.92. The van der Waals surface area contributed by atoms with Crippen LogP contribution in [0.15, 0.2) is 18.2 Å². The number of anilines is 1. The van der Waals surface area contributed by atoms with Crippen LogP contribution in [0.5, 0.6) is 5.75 Å². The van der Waals surface area contributed by atoms with Gasteiger partial charge in [-0.2, -0.15) is 0 Å². The summed E-state index contributed by atoms with van der Waals surface area (Å²) in [6.45, 7) is 7.02. The van der Waals surface area contributed by atoms with Gasteiger partial charge in [0.1, 0.15) is 22.9 Å². The molecule has 1 N–H and O–H groups in total. The number of hydrogen-bond donors (Lipinski definition) is 1. The summed E-state index contributed by atoms with van der Waals surface area (Å²) in [6, 6.07) is 4.41. The molecule has 28 heavy (non-hydrogen) atoms. The van der Waals surface area contributed by atoms with E-state index in [0.717, 1.165) is 32.0 Å². The van der Waals surface area contributed by atoms with Crippen LogP contribution >= 0.6 is 0 Å². The number of nitrogens with zero attached hydrogens (tertiary/aromatic N) is 2. The largest absolute Gasteiger partial charge is 0.493 e. The molecule has 1 aromatic carbocycles. The molecule has 1 atom stereocenters. The average Bonchev–Trinajstić information content (AvgIpc) is 2.66. The highest BCUT2D eigenvalue weighted by Crippen LogP contribution is 2.33. The first kappa shape index (κ1) is 20.7. The minimum absolute atomic E-state index is 0.134. The fourth-order valence-electron chi connectivity index (χ4n) is 3.79. The molecule has 7 heteroatoms. The summed E-state index contributed by atoms with van der Waals surface area (Å²) in [6.07, 6.45) is 2.82. The molecular formula is C21H29F2N3O2. The molecular weight excluding hydrogens is 364 g/mol. The van der Waals surface area contributed by atoms with Crippen molar-refractivity contribution in [3.05, 3.63) is 29.8 Å². The summed E-state index contributed by atoms with van der Waals surface area (Å²) in [4.78, 5) is 6.77. The van der Waals surface area contributed by atoms with E-state index in [1.165, 1.54) is 6.07 Å². The van der Waals surface area contributed by atoms with Crippen molar-refractivity contribution < 1.29 is 18.3 Å². The summed E-state index contributed by atoms with van der Waals surface area (Å²) >= 11 is 0. The normalized spacial score (nSPS) is 17.3. The van der Waals surface area contributed by atoms with Gasteiger partial charge >= 0.3 is 0 Å². The van der Waals surface area contributed by atoms with Gasteiger partial charge in [0.2, 0.25) is 0 Å². The summed E-state index contributed by atoms with van der Waals surface area (Å²) in [5.74, 6) is -0.213. The number of piperidine rings is 1. The Bertz CT molecular complexity index is 795. The Morgan fingerprint density at radius 3 is 2.75 bits per heavy atom. The van der Waals surface area contributed by atoms with E-state index in [9.17, 15) is 8.78 Å². The molecule has 0 bridgehead atoms. The molecule has 2 aromatic rings. The van der Waals surface area contributed by atoms with Crippen LogP contribution < -0.4 is 15.0 Å². The van der Waals surface area contributed by atoms with E-state index in [1.54, 1.807) is 7.11 Å². The van der Waals surface area contributed by atoms with E-state index in [4.69, 9.17) is 9.47 Å². The van der Waals surface area contributed by atoms with Crippen molar-refractivity contribution in [3.8, 4) is 5.75 Å². The zero-order chi connectivity index (χ0) is 20.1. The molecule has 1 aliphatic rings. The minimum atomic E-state index is -0.677. The van der Waals surface area contributed by atoms with Crippen LogP contribution in [0, 0.1) is 11.6 Å². The summed E-state index contributed by atoms with van der Waals surface area (Å²) in [7, 11) is 1.63. The molecule has 1 aliphatic heterocycles. The fourth-order valence-corrected chi connectivity index (χ4v) is 3.79. The smallest absolute Gasteiger partial charge is 0.152 e. The molecule has 0 spiro atoms. The van der Waals surface area contributed by atoms with Crippen molar-refractivity contribution in [1.82, 2.24) is 10.3 Å². The van der Waals surface area contributed by atoms with Gasteiger partial charge < -0.3 is 19.7 Å². The second-order valence-electron chi connectivity index (χ2n) is 7.46. The van der Waals surface area contributed by atoms with Crippen molar-refractivity contribution in [1.29, 1.82) is 0 Å². The van der Waals surface area contributed by atoms with E-state index in [-0.39, 0.29) is 17.6 Å². The van der Waals surface area contributed by atoms with Gasteiger partial charge in [-0.25, -0.2) is 13.8 Å². The number of halogens is 2. The molecule has 154 valence electrons. The van der Waals surface area contributed by atoms with Gasteiger partial charge in [-0.15, -0.1) is 0 Å². The van der Waals surface area contributed by atoms with Crippen molar-refractivity contribution in [2.75, 3.05) is 38.3 Å². The first-order chi connectivity index (χ1) is 13.5. The predicted molar refractivity (Wildman–Crippen MR) is 107 cm³/mol.